The van der Waals surface area contributed by atoms with Crippen molar-refractivity contribution in [3.05, 3.63) is 90.0 Å². The summed E-state index contributed by atoms with van der Waals surface area (Å²) in [7, 11) is 0. The second-order valence-electron chi connectivity index (χ2n) is 6.95. The number of aromatic nitrogens is 5. The quantitative estimate of drug-likeness (QED) is 0.396. The van der Waals surface area contributed by atoms with E-state index in [1.165, 1.54) is 41.8 Å². The maximum atomic E-state index is 13.5. The van der Waals surface area contributed by atoms with E-state index in [0.29, 0.717) is 11.4 Å². The van der Waals surface area contributed by atoms with Gasteiger partial charge in [0.15, 0.2) is 10.2 Å². The third-order valence-electron chi connectivity index (χ3n) is 4.81. The number of hydrogen-bond donors (Lipinski definition) is 1. The summed E-state index contributed by atoms with van der Waals surface area (Å²) in [5.41, 5.74) is 0.342. The minimum absolute atomic E-state index is 0.173. The Morgan fingerprint density at radius 3 is 2.65 bits per heavy atom. The zero-order valence-corrected chi connectivity index (χ0v) is 18.3. The normalized spacial score (nSPS) is 14.5. The summed E-state index contributed by atoms with van der Waals surface area (Å²) in [5.74, 6) is 0.260. The highest BCUT2D eigenvalue weighted by Crippen LogP contribution is 2.38. The molecule has 0 saturated carbocycles. The maximum absolute atomic E-state index is 13.5. The molecule has 4 rings (SSSR count). The average Bonchev–Trinajstić information content (AvgIpc) is 3.45. The Kier molecular flexibility index (Phi) is 6.55. The van der Waals surface area contributed by atoms with Crippen molar-refractivity contribution in [1.29, 1.82) is 0 Å². The van der Waals surface area contributed by atoms with Gasteiger partial charge in [-0.2, -0.15) is 9.47 Å². The van der Waals surface area contributed by atoms with Gasteiger partial charge in [-0.3, -0.25) is 0 Å². The van der Waals surface area contributed by atoms with Gasteiger partial charge >= 0.3 is 0 Å². The minimum atomic E-state index is -1.32. The van der Waals surface area contributed by atoms with Crippen LogP contribution >= 0.6 is 23.3 Å². The van der Waals surface area contributed by atoms with Crippen molar-refractivity contribution < 1.29 is 9.50 Å². The van der Waals surface area contributed by atoms with Crippen LogP contribution in [0, 0.1) is 5.82 Å². The molecule has 0 amide bonds. The van der Waals surface area contributed by atoms with Crippen LogP contribution in [0.25, 0.3) is 12.2 Å². The Bertz CT molecular complexity index is 1130. The van der Waals surface area contributed by atoms with Gasteiger partial charge < -0.3 is 5.11 Å². The van der Waals surface area contributed by atoms with Crippen molar-refractivity contribution in [3.8, 4) is 0 Å². The molecule has 4 aromatic rings. The predicted molar refractivity (Wildman–Crippen MR) is 121 cm³/mol. The highest BCUT2D eigenvalue weighted by Gasteiger charge is 2.38. The smallest absolute Gasteiger partial charge is 0.170 e. The lowest BCUT2D eigenvalue weighted by atomic mass is 9.90. The van der Waals surface area contributed by atoms with Gasteiger partial charge in [0, 0.05) is 5.25 Å². The highest BCUT2D eigenvalue weighted by atomic mass is 32.2. The van der Waals surface area contributed by atoms with Crippen LogP contribution in [-0.2, 0) is 12.1 Å². The van der Waals surface area contributed by atoms with E-state index in [-0.39, 0.29) is 17.6 Å². The summed E-state index contributed by atoms with van der Waals surface area (Å²) < 4.78 is 20.2. The molecule has 1 unspecified atom stereocenters. The van der Waals surface area contributed by atoms with Crippen LogP contribution < -0.4 is 0 Å². The zero-order valence-electron chi connectivity index (χ0n) is 16.7. The molecule has 0 spiro atoms. The van der Waals surface area contributed by atoms with Crippen molar-refractivity contribution in [2.45, 2.75) is 28.7 Å². The second-order valence-corrected chi connectivity index (χ2v) is 9.29. The van der Waals surface area contributed by atoms with Crippen LogP contribution in [0.1, 0.15) is 23.9 Å². The SMILES string of the molecule is C[C@@H](Sc1nc(C=Cc2ccccc2)ns1)C(O)(Cn1cncn1)c1ccc(F)cc1. The molecule has 0 saturated heterocycles. The molecule has 0 bridgehead atoms. The summed E-state index contributed by atoms with van der Waals surface area (Å²) in [6.07, 6.45) is 6.78. The first-order valence-electron chi connectivity index (χ1n) is 9.57. The molecule has 6 nitrogen and oxygen atoms in total. The summed E-state index contributed by atoms with van der Waals surface area (Å²) >= 11 is 2.70. The van der Waals surface area contributed by atoms with Crippen LogP contribution in [0.5, 0.6) is 0 Å². The van der Waals surface area contributed by atoms with Gasteiger partial charge in [-0.15, -0.1) is 0 Å². The number of hydrogen-bond acceptors (Lipinski definition) is 7. The summed E-state index contributed by atoms with van der Waals surface area (Å²) in [5, 5.41) is 15.4. The molecule has 0 aliphatic carbocycles. The molecule has 0 aliphatic rings. The summed E-state index contributed by atoms with van der Waals surface area (Å²) in [4.78, 5) is 8.51. The molecule has 0 fully saturated rings. The van der Waals surface area contributed by atoms with Crippen LogP contribution in [0.15, 0.2) is 71.6 Å². The predicted octanol–water partition coefficient (Wildman–Crippen LogP) is 4.51. The second kappa shape index (κ2) is 9.51. The fourth-order valence-corrected chi connectivity index (χ4v) is 5.05. The zero-order chi connectivity index (χ0) is 21.7. The first kappa shape index (κ1) is 21.4. The van der Waals surface area contributed by atoms with Crippen molar-refractivity contribution in [2.24, 2.45) is 0 Å². The molecular weight excluding hydrogens is 433 g/mol. The fraction of sp³-hybridized carbons (Fsp3) is 0.182. The van der Waals surface area contributed by atoms with E-state index in [2.05, 4.69) is 19.4 Å². The molecular formula is C22H20FN5OS2. The molecule has 2 aromatic carbocycles. The third-order valence-corrected chi connectivity index (χ3v) is 6.89. The molecule has 2 aromatic heterocycles. The average molecular weight is 454 g/mol. The van der Waals surface area contributed by atoms with Gasteiger partial charge in [0.1, 0.15) is 24.1 Å². The van der Waals surface area contributed by atoms with E-state index in [0.717, 1.165) is 9.90 Å². The van der Waals surface area contributed by atoms with E-state index in [9.17, 15) is 9.50 Å². The number of halogens is 1. The lowest BCUT2D eigenvalue weighted by molar-refractivity contribution is 0.0167. The van der Waals surface area contributed by atoms with Crippen LogP contribution in [-0.4, -0.2) is 34.5 Å². The molecule has 2 heterocycles. The first-order valence-corrected chi connectivity index (χ1v) is 11.2. The van der Waals surface area contributed by atoms with E-state index in [1.807, 2.05) is 49.4 Å². The van der Waals surface area contributed by atoms with Gasteiger partial charge in [0.25, 0.3) is 0 Å². The Labute approximate surface area is 187 Å². The Balaban J connectivity index is 1.53. The topological polar surface area (TPSA) is 76.7 Å². The number of benzene rings is 2. The Morgan fingerprint density at radius 1 is 1.16 bits per heavy atom. The minimum Gasteiger partial charge on any atom is -0.382 e. The number of aliphatic hydroxyl groups is 1. The van der Waals surface area contributed by atoms with Gasteiger partial charge in [-0.05, 0) is 47.8 Å². The third kappa shape index (κ3) is 5.25. The molecule has 2 atom stereocenters. The maximum Gasteiger partial charge on any atom is 0.170 e. The van der Waals surface area contributed by atoms with E-state index >= 15 is 0 Å². The Hall–Kier alpha value is -2.88. The molecule has 0 aliphatic heterocycles. The van der Waals surface area contributed by atoms with Crippen molar-refractivity contribution in [3.63, 3.8) is 0 Å². The number of thioether (sulfide) groups is 1. The molecule has 158 valence electrons. The van der Waals surface area contributed by atoms with Crippen LogP contribution in [0.4, 0.5) is 4.39 Å². The lowest BCUT2D eigenvalue weighted by Gasteiger charge is -2.33. The van der Waals surface area contributed by atoms with Crippen LogP contribution in [0.3, 0.4) is 0 Å². The van der Waals surface area contributed by atoms with Gasteiger partial charge in [-0.25, -0.2) is 19.0 Å². The molecule has 9 heteroatoms. The van der Waals surface area contributed by atoms with Gasteiger partial charge in [-0.1, -0.05) is 60.3 Å². The van der Waals surface area contributed by atoms with Crippen LogP contribution in [0.2, 0.25) is 0 Å². The summed E-state index contributed by atoms with van der Waals surface area (Å²) in [6, 6.07) is 15.8. The number of nitrogens with zero attached hydrogens (tertiary/aromatic N) is 5. The standard InChI is InChI=1S/C22H20FN5OS2/c1-16(30-21-26-20(27-31-21)12-7-17-5-3-2-4-6-17)22(29,13-28-15-24-14-25-28)18-8-10-19(23)11-9-18/h2-12,14-16,29H,13H2,1H3/t16-,22?/m1/s1. The largest absolute Gasteiger partial charge is 0.382 e. The number of rotatable bonds is 8. The Morgan fingerprint density at radius 2 is 1.94 bits per heavy atom. The lowest BCUT2D eigenvalue weighted by Crippen LogP contribution is -2.40. The highest BCUT2D eigenvalue weighted by molar-refractivity contribution is 8.01. The van der Waals surface area contributed by atoms with E-state index in [4.69, 9.17) is 0 Å². The van der Waals surface area contributed by atoms with Gasteiger partial charge in [0.05, 0.1) is 6.54 Å². The van der Waals surface area contributed by atoms with E-state index < -0.39 is 5.60 Å². The van der Waals surface area contributed by atoms with Crippen molar-refractivity contribution in [1.82, 2.24) is 24.1 Å². The van der Waals surface area contributed by atoms with Crippen molar-refractivity contribution >= 4 is 35.4 Å². The fourth-order valence-electron chi connectivity index (χ4n) is 3.07. The first-order chi connectivity index (χ1) is 15.0. The molecule has 31 heavy (non-hydrogen) atoms. The van der Waals surface area contributed by atoms with Gasteiger partial charge in [0.2, 0.25) is 0 Å². The van der Waals surface area contributed by atoms with E-state index in [1.54, 1.807) is 23.1 Å². The van der Waals surface area contributed by atoms with Crippen molar-refractivity contribution in [2.75, 3.05) is 0 Å². The monoisotopic (exact) mass is 453 g/mol. The summed E-state index contributed by atoms with van der Waals surface area (Å²) in [6.45, 7) is 2.08. The molecule has 1 N–H and O–H groups in total. The molecule has 0 radical (unpaired) electrons.